The van der Waals surface area contributed by atoms with Gasteiger partial charge < -0.3 is 25.0 Å². The lowest BCUT2D eigenvalue weighted by atomic mass is 10.0. The van der Waals surface area contributed by atoms with Crippen LogP contribution in [0.4, 0.5) is 0 Å². The first-order valence-electron chi connectivity index (χ1n) is 16.2. The predicted octanol–water partition coefficient (Wildman–Crippen LogP) is 7.35. The van der Waals surface area contributed by atoms with Crippen LogP contribution in [0.3, 0.4) is 0 Å². The molecule has 0 aliphatic heterocycles. The zero-order valence-electron chi connectivity index (χ0n) is 28.1. The third-order valence-electron chi connectivity index (χ3n) is 8.11. The van der Waals surface area contributed by atoms with Crippen molar-refractivity contribution in [2.75, 3.05) is 26.3 Å². The van der Waals surface area contributed by atoms with E-state index in [-0.39, 0.29) is 62.3 Å². The van der Waals surface area contributed by atoms with Gasteiger partial charge in [-0.15, -0.1) is 24.8 Å². The minimum Gasteiger partial charge on any atom is -0.466 e. The van der Waals surface area contributed by atoms with Gasteiger partial charge in [-0.25, -0.2) is 0 Å². The average Bonchev–Trinajstić information content (AvgIpc) is 3.11. The first-order valence-corrected chi connectivity index (χ1v) is 16.6. The molecule has 12 heteroatoms. The fourth-order valence-electron chi connectivity index (χ4n) is 5.63. The van der Waals surface area contributed by atoms with E-state index in [4.69, 9.17) is 21.1 Å². The third-order valence-corrected chi connectivity index (χ3v) is 8.35. The molecule has 0 fully saturated rings. The van der Waals surface area contributed by atoms with E-state index in [1.165, 1.54) is 0 Å². The molecule has 4 aromatic carbocycles. The maximum Gasteiger partial charge on any atom is 0.307 e. The van der Waals surface area contributed by atoms with Crippen molar-refractivity contribution in [3.05, 3.63) is 137 Å². The van der Waals surface area contributed by atoms with Crippen molar-refractivity contribution in [3.63, 3.8) is 0 Å². The summed E-state index contributed by atoms with van der Waals surface area (Å²) in [7, 11) is 0. The van der Waals surface area contributed by atoms with Gasteiger partial charge in [-0.2, -0.15) is 0 Å². The molecule has 1 aromatic heterocycles. The second-order valence-electron chi connectivity index (χ2n) is 11.6. The highest BCUT2D eigenvalue weighted by atomic mass is 35.5. The van der Waals surface area contributed by atoms with Crippen LogP contribution < -0.4 is 10.1 Å². The van der Waals surface area contributed by atoms with Crippen molar-refractivity contribution in [2.45, 2.75) is 38.5 Å². The Kier molecular flexibility index (Phi) is 16.6. The highest BCUT2D eigenvalue weighted by molar-refractivity contribution is 6.30. The first kappa shape index (κ1) is 41.2. The fourth-order valence-corrected chi connectivity index (χ4v) is 5.83. The van der Waals surface area contributed by atoms with Gasteiger partial charge in [0.25, 0.3) is 5.91 Å². The molecule has 3 N–H and O–H groups in total. The number of fused-ring (bicyclic) bond motifs is 1. The fraction of sp³-hybridized carbons (Fsp3) is 0.256. The van der Waals surface area contributed by atoms with E-state index in [1.54, 1.807) is 43.5 Å². The van der Waals surface area contributed by atoms with Gasteiger partial charge in [-0.1, -0.05) is 72.3 Å². The van der Waals surface area contributed by atoms with Crippen LogP contribution in [0.2, 0.25) is 5.02 Å². The average molecular weight is 755 g/mol. The molecular weight excluding hydrogens is 713 g/mol. The maximum absolute atomic E-state index is 12.9. The number of aliphatic hydroxyl groups is 2. The standard InChI is InChI=1S/C39H40ClN3O6.2ClH/c1-2-48-37(46)19-21-42-39(47)34-13-7-12-33-36(18-20-41-38(33)34)49-32-16-14-27(15-17-32)22-31(26-44)43(24-28-8-4-3-5-9-28)25-35(45)29-10-6-11-30(40)23-29;;/h3-18,20,23,31,35,44-45H,2,19,21-22,24-26H2,1H3,(H,42,47);2*1H/t31-,35-;;/m0../s1. The van der Waals surface area contributed by atoms with Crippen LogP contribution in [0, 0.1) is 0 Å². The Morgan fingerprint density at radius 3 is 2.37 bits per heavy atom. The number of hydrogen-bond donors (Lipinski definition) is 3. The number of rotatable bonds is 16. The number of benzene rings is 4. The number of amides is 1. The van der Waals surface area contributed by atoms with Gasteiger partial charge in [0.2, 0.25) is 0 Å². The van der Waals surface area contributed by atoms with Gasteiger partial charge in [-0.05, 0) is 72.5 Å². The van der Waals surface area contributed by atoms with Crippen molar-refractivity contribution in [3.8, 4) is 11.5 Å². The van der Waals surface area contributed by atoms with Crippen LogP contribution in [0.5, 0.6) is 11.5 Å². The lowest BCUT2D eigenvalue weighted by Gasteiger charge is -2.32. The Labute approximate surface area is 315 Å². The number of para-hydroxylation sites is 1. The van der Waals surface area contributed by atoms with E-state index >= 15 is 0 Å². The van der Waals surface area contributed by atoms with Crippen molar-refractivity contribution < 1.29 is 29.3 Å². The van der Waals surface area contributed by atoms with Gasteiger partial charge in [0.1, 0.15) is 11.5 Å². The Balaban J connectivity index is 0.00000351. The van der Waals surface area contributed by atoms with Crippen LogP contribution >= 0.6 is 36.4 Å². The molecule has 0 bridgehead atoms. The lowest BCUT2D eigenvalue weighted by Crippen LogP contribution is -2.41. The zero-order chi connectivity index (χ0) is 34.6. The van der Waals surface area contributed by atoms with Gasteiger partial charge in [0, 0.05) is 42.3 Å². The molecule has 270 valence electrons. The van der Waals surface area contributed by atoms with Crippen LogP contribution in [0.15, 0.2) is 109 Å². The zero-order valence-corrected chi connectivity index (χ0v) is 30.5. The third kappa shape index (κ3) is 11.7. The molecule has 5 aromatic rings. The summed E-state index contributed by atoms with van der Waals surface area (Å²) in [5.41, 5.74) is 3.63. The molecule has 0 saturated heterocycles. The Hall–Kier alpha value is -4.22. The Bertz CT molecular complexity index is 1850. The molecule has 0 radical (unpaired) electrons. The number of esters is 1. The van der Waals surface area contributed by atoms with Crippen molar-refractivity contribution >= 4 is 59.2 Å². The summed E-state index contributed by atoms with van der Waals surface area (Å²) in [6, 6.07) is 31.6. The number of pyridine rings is 1. The molecule has 0 aliphatic rings. The van der Waals surface area contributed by atoms with Crippen molar-refractivity contribution in [1.82, 2.24) is 15.2 Å². The number of aliphatic hydroxyl groups excluding tert-OH is 2. The number of carbonyl (C=O) groups excluding carboxylic acids is 2. The number of nitrogens with zero attached hydrogens (tertiary/aromatic N) is 2. The molecule has 51 heavy (non-hydrogen) atoms. The molecular formula is C39H42Cl3N3O6. The highest BCUT2D eigenvalue weighted by Gasteiger charge is 2.23. The second kappa shape index (κ2) is 20.6. The largest absolute Gasteiger partial charge is 0.466 e. The van der Waals surface area contributed by atoms with E-state index in [9.17, 15) is 19.8 Å². The van der Waals surface area contributed by atoms with Gasteiger partial charge in [-0.3, -0.25) is 19.5 Å². The summed E-state index contributed by atoms with van der Waals surface area (Å²) in [4.78, 5) is 31.1. The molecule has 0 spiro atoms. The van der Waals surface area contributed by atoms with E-state index in [2.05, 4.69) is 15.2 Å². The molecule has 9 nitrogen and oxygen atoms in total. The van der Waals surface area contributed by atoms with E-state index in [0.717, 1.165) is 11.1 Å². The summed E-state index contributed by atoms with van der Waals surface area (Å²) in [5.74, 6) is 0.420. The molecule has 0 unspecified atom stereocenters. The topological polar surface area (TPSA) is 121 Å². The number of ether oxygens (including phenoxy) is 2. The molecule has 0 saturated carbocycles. The van der Waals surface area contributed by atoms with Gasteiger partial charge in [0.05, 0.1) is 36.8 Å². The molecule has 5 rings (SSSR count). The Morgan fingerprint density at radius 2 is 1.67 bits per heavy atom. The van der Waals surface area contributed by atoms with Crippen LogP contribution in [-0.4, -0.2) is 64.3 Å². The maximum atomic E-state index is 12.9. The monoisotopic (exact) mass is 753 g/mol. The van der Waals surface area contributed by atoms with Crippen molar-refractivity contribution in [1.29, 1.82) is 0 Å². The number of hydrogen-bond acceptors (Lipinski definition) is 8. The summed E-state index contributed by atoms with van der Waals surface area (Å²) < 4.78 is 11.2. The van der Waals surface area contributed by atoms with E-state index in [1.807, 2.05) is 72.8 Å². The first-order chi connectivity index (χ1) is 23.8. The summed E-state index contributed by atoms with van der Waals surface area (Å²) in [6.45, 7) is 2.93. The molecule has 1 heterocycles. The number of halogens is 3. The van der Waals surface area contributed by atoms with Crippen molar-refractivity contribution in [2.24, 2.45) is 0 Å². The SMILES string of the molecule is CCOC(=O)CCNC(=O)c1cccc2c(Oc3ccc(C[C@@H](CO)N(Cc4ccccc4)C[C@H](O)c4cccc(Cl)c4)cc3)ccnc12.Cl.Cl. The van der Waals surface area contributed by atoms with Crippen LogP contribution in [0.25, 0.3) is 10.9 Å². The lowest BCUT2D eigenvalue weighted by molar-refractivity contribution is -0.142. The van der Waals surface area contributed by atoms with E-state index in [0.29, 0.717) is 64.7 Å². The number of aromatic nitrogens is 1. The minimum absolute atomic E-state index is 0. The van der Waals surface area contributed by atoms with Gasteiger partial charge >= 0.3 is 5.97 Å². The number of nitrogens with one attached hydrogen (secondary N) is 1. The van der Waals surface area contributed by atoms with Gasteiger partial charge in [0.15, 0.2) is 0 Å². The molecule has 1 amide bonds. The van der Waals surface area contributed by atoms with Crippen LogP contribution in [0.1, 0.15) is 46.5 Å². The molecule has 0 aliphatic carbocycles. The number of carbonyl (C=O) groups is 2. The van der Waals surface area contributed by atoms with E-state index < -0.39 is 6.10 Å². The summed E-state index contributed by atoms with van der Waals surface area (Å²) in [6.07, 6.45) is 1.42. The smallest absolute Gasteiger partial charge is 0.307 e. The quantitative estimate of drug-likeness (QED) is 0.0896. The minimum atomic E-state index is -0.793. The second-order valence-corrected chi connectivity index (χ2v) is 12.0. The van der Waals surface area contributed by atoms with Crippen LogP contribution in [-0.2, 0) is 22.5 Å². The predicted molar refractivity (Wildman–Crippen MR) is 204 cm³/mol. The highest BCUT2D eigenvalue weighted by Crippen LogP contribution is 2.31. The Morgan fingerprint density at radius 1 is 0.922 bits per heavy atom. The molecule has 2 atom stereocenters. The summed E-state index contributed by atoms with van der Waals surface area (Å²) in [5, 5.41) is 25.7. The normalized spacial score (nSPS) is 11.9. The summed E-state index contributed by atoms with van der Waals surface area (Å²) >= 11 is 6.19.